The molecule has 1 aromatic carbocycles. The summed E-state index contributed by atoms with van der Waals surface area (Å²) in [6, 6.07) is 4.23. The van der Waals surface area contributed by atoms with E-state index >= 15 is 0 Å². The minimum absolute atomic E-state index is 0.143. The summed E-state index contributed by atoms with van der Waals surface area (Å²) < 4.78 is 10.5. The Hall–Kier alpha value is -2.03. The summed E-state index contributed by atoms with van der Waals surface area (Å²) in [7, 11) is 2.91. The quantitative estimate of drug-likeness (QED) is 0.480. The van der Waals surface area contributed by atoms with Crippen LogP contribution >= 0.6 is 11.6 Å². The number of hydrogen-bond acceptors (Lipinski definition) is 5. The molecule has 24 heavy (non-hydrogen) atoms. The van der Waals surface area contributed by atoms with E-state index in [0.29, 0.717) is 17.2 Å². The van der Waals surface area contributed by atoms with E-state index in [1.54, 1.807) is 12.1 Å². The number of ether oxygens (including phenoxy) is 2. The van der Waals surface area contributed by atoms with Crippen LogP contribution in [0.2, 0.25) is 5.02 Å². The molecule has 0 bridgehead atoms. The first-order valence-electron chi connectivity index (χ1n) is 7.31. The number of methoxy groups -OCH3 is 2. The van der Waals surface area contributed by atoms with Crippen LogP contribution in [0.3, 0.4) is 0 Å². The number of nitrogens with two attached hydrogens (primary N) is 1. The molecule has 2 rings (SSSR count). The summed E-state index contributed by atoms with van der Waals surface area (Å²) in [5.41, 5.74) is 0.239. The zero-order valence-electron chi connectivity index (χ0n) is 13.4. The Kier molecular flexibility index (Phi) is 5.87. The number of benzene rings is 1. The van der Waals surface area contributed by atoms with Gasteiger partial charge < -0.3 is 19.5 Å². The van der Waals surface area contributed by atoms with E-state index in [1.807, 2.05) is 0 Å². The summed E-state index contributed by atoms with van der Waals surface area (Å²) >= 11 is 5.95. The molecule has 2 atom stereocenters. The molecule has 1 fully saturated rings. The molecular formula is C15H20ClN3O5. The van der Waals surface area contributed by atoms with Gasteiger partial charge >= 0.3 is 6.09 Å². The maximum absolute atomic E-state index is 12.7. The lowest BCUT2D eigenvalue weighted by Crippen LogP contribution is -2.59. The van der Waals surface area contributed by atoms with Crippen molar-refractivity contribution < 1.29 is 24.2 Å². The highest BCUT2D eigenvalue weighted by Gasteiger charge is 2.37. The average Bonchev–Trinajstić information content (AvgIpc) is 2.59. The van der Waals surface area contributed by atoms with E-state index in [1.165, 1.54) is 25.2 Å². The minimum Gasteiger partial charge on any atom is -0.496 e. The summed E-state index contributed by atoms with van der Waals surface area (Å²) in [6.45, 7) is 0.414. The number of carboxylic acid groups (broad SMARTS) is 1. The molecule has 0 saturated carbocycles. The van der Waals surface area contributed by atoms with Crippen LogP contribution < -0.4 is 10.6 Å². The van der Waals surface area contributed by atoms with Gasteiger partial charge in [0, 0.05) is 18.7 Å². The van der Waals surface area contributed by atoms with E-state index in [0.717, 1.165) is 5.01 Å². The van der Waals surface area contributed by atoms with Gasteiger partial charge in [-0.3, -0.25) is 9.80 Å². The van der Waals surface area contributed by atoms with Crippen molar-refractivity contribution in [3.05, 3.63) is 28.8 Å². The predicted octanol–water partition coefficient (Wildman–Crippen LogP) is 1.43. The number of carbonyl (C=O) groups excluding carboxylic acids is 1. The number of rotatable bonds is 4. The van der Waals surface area contributed by atoms with Crippen molar-refractivity contribution in [2.45, 2.75) is 18.6 Å². The van der Waals surface area contributed by atoms with Crippen molar-refractivity contribution in [2.24, 2.45) is 5.84 Å². The number of hydrazine groups is 1. The molecule has 1 aliphatic rings. The Labute approximate surface area is 144 Å². The highest BCUT2D eigenvalue weighted by molar-refractivity contribution is 6.31. The smallest absolute Gasteiger partial charge is 0.407 e. The number of likely N-dealkylation sites (tertiary alicyclic amines) is 1. The Balaban J connectivity index is 2.21. The lowest BCUT2D eigenvalue weighted by atomic mass is 10.0. The van der Waals surface area contributed by atoms with Crippen molar-refractivity contribution in [1.29, 1.82) is 0 Å². The number of piperidine rings is 1. The van der Waals surface area contributed by atoms with E-state index in [-0.39, 0.29) is 18.7 Å². The van der Waals surface area contributed by atoms with Crippen LogP contribution in [-0.2, 0) is 4.74 Å². The molecule has 8 nitrogen and oxygen atoms in total. The summed E-state index contributed by atoms with van der Waals surface area (Å²) in [4.78, 5) is 25.1. The second-order valence-corrected chi connectivity index (χ2v) is 5.85. The molecule has 2 amide bonds. The van der Waals surface area contributed by atoms with E-state index < -0.39 is 24.1 Å². The lowest BCUT2D eigenvalue weighted by molar-refractivity contribution is -0.0271. The van der Waals surface area contributed by atoms with Gasteiger partial charge in [0.2, 0.25) is 0 Å². The first kappa shape index (κ1) is 18.3. The van der Waals surface area contributed by atoms with Crippen molar-refractivity contribution in [2.75, 3.05) is 27.3 Å². The van der Waals surface area contributed by atoms with Crippen LogP contribution in [0.15, 0.2) is 18.2 Å². The molecule has 3 N–H and O–H groups in total. The standard InChI is InChI=1S/C15H20ClN3O5/c1-23-12-4-3-9(16)7-10(12)14(20)19(17)11-5-6-18(15(21)22)8-13(11)24-2/h3-4,7,11,13H,5-6,8,17H2,1-2H3,(H,21,22). The normalized spacial score (nSPS) is 20.6. The summed E-state index contributed by atoms with van der Waals surface area (Å²) in [5, 5.41) is 10.5. The lowest BCUT2D eigenvalue weighted by Gasteiger charge is -2.40. The maximum atomic E-state index is 12.7. The fraction of sp³-hybridized carbons (Fsp3) is 0.467. The van der Waals surface area contributed by atoms with E-state index in [2.05, 4.69) is 0 Å². The number of nitrogens with zero attached hydrogens (tertiary/aromatic N) is 2. The monoisotopic (exact) mass is 357 g/mol. The molecule has 0 spiro atoms. The first-order chi connectivity index (χ1) is 11.4. The zero-order valence-corrected chi connectivity index (χ0v) is 14.2. The number of carbonyl (C=O) groups is 2. The van der Waals surface area contributed by atoms with Crippen molar-refractivity contribution in [3.63, 3.8) is 0 Å². The van der Waals surface area contributed by atoms with Crippen LogP contribution in [0.5, 0.6) is 5.75 Å². The second-order valence-electron chi connectivity index (χ2n) is 5.42. The molecule has 2 unspecified atom stereocenters. The van der Waals surface area contributed by atoms with Gasteiger partial charge in [0.25, 0.3) is 5.91 Å². The van der Waals surface area contributed by atoms with Gasteiger partial charge in [0.05, 0.1) is 31.4 Å². The van der Waals surface area contributed by atoms with Crippen molar-refractivity contribution >= 4 is 23.6 Å². The summed E-state index contributed by atoms with van der Waals surface area (Å²) in [6.07, 6.45) is -1.17. The highest BCUT2D eigenvalue weighted by Crippen LogP contribution is 2.26. The van der Waals surface area contributed by atoms with Crippen molar-refractivity contribution in [3.8, 4) is 5.75 Å². The van der Waals surface area contributed by atoms with Gasteiger partial charge in [-0.2, -0.15) is 0 Å². The Bertz CT molecular complexity index is 627. The number of amides is 2. The third-order valence-corrected chi connectivity index (χ3v) is 4.32. The van der Waals surface area contributed by atoms with Gasteiger partial charge in [-0.1, -0.05) is 11.6 Å². The van der Waals surface area contributed by atoms with Crippen LogP contribution in [-0.4, -0.2) is 66.5 Å². The SMILES string of the molecule is COc1ccc(Cl)cc1C(=O)N(N)C1CCN(C(=O)O)CC1OC. The molecule has 1 heterocycles. The summed E-state index contributed by atoms with van der Waals surface area (Å²) in [5.74, 6) is 5.92. The van der Waals surface area contributed by atoms with Crippen LogP contribution in [0.1, 0.15) is 16.8 Å². The molecule has 1 saturated heterocycles. The Morgan fingerprint density at radius 2 is 2.12 bits per heavy atom. The Morgan fingerprint density at radius 1 is 1.42 bits per heavy atom. The molecule has 1 aromatic rings. The van der Waals surface area contributed by atoms with Gasteiger partial charge in [-0.25, -0.2) is 10.6 Å². The van der Waals surface area contributed by atoms with Gasteiger partial charge in [0.1, 0.15) is 5.75 Å². The van der Waals surface area contributed by atoms with Crippen LogP contribution in [0.4, 0.5) is 4.79 Å². The van der Waals surface area contributed by atoms with E-state index in [4.69, 9.17) is 32.0 Å². The van der Waals surface area contributed by atoms with Gasteiger partial charge in [-0.15, -0.1) is 0 Å². The van der Waals surface area contributed by atoms with Crippen LogP contribution in [0.25, 0.3) is 0 Å². The predicted molar refractivity (Wildman–Crippen MR) is 87.2 cm³/mol. The second kappa shape index (κ2) is 7.69. The number of hydrogen-bond donors (Lipinski definition) is 2. The maximum Gasteiger partial charge on any atom is 0.407 e. The van der Waals surface area contributed by atoms with Gasteiger partial charge in [0.15, 0.2) is 0 Å². The molecule has 1 aliphatic heterocycles. The molecular weight excluding hydrogens is 338 g/mol. The molecule has 132 valence electrons. The molecule has 0 aliphatic carbocycles. The first-order valence-corrected chi connectivity index (χ1v) is 7.69. The fourth-order valence-electron chi connectivity index (χ4n) is 2.76. The van der Waals surface area contributed by atoms with Gasteiger partial charge in [-0.05, 0) is 24.6 Å². The van der Waals surface area contributed by atoms with E-state index in [9.17, 15) is 9.59 Å². The highest BCUT2D eigenvalue weighted by atomic mass is 35.5. The third-order valence-electron chi connectivity index (χ3n) is 4.08. The third kappa shape index (κ3) is 3.72. The number of halogens is 1. The van der Waals surface area contributed by atoms with Crippen molar-refractivity contribution in [1.82, 2.24) is 9.91 Å². The largest absolute Gasteiger partial charge is 0.496 e. The Morgan fingerprint density at radius 3 is 2.71 bits per heavy atom. The fourth-order valence-corrected chi connectivity index (χ4v) is 2.94. The molecule has 0 aromatic heterocycles. The molecule has 9 heteroatoms. The zero-order chi connectivity index (χ0) is 17.9. The molecule has 0 radical (unpaired) electrons. The topological polar surface area (TPSA) is 105 Å². The average molecular weight is 358 g/mol. The minimum atomic E-state index is -1.03. The van der Waals surface area contributed by atoms with Crippen LogP contribution in [0, 0.1) is 0 Å².